The summed E-state index contributed by atoms with van der Waals surface area (Å²) in [6.07, 6.45) is 0.102. The first kappa shape index (κ1) is 20.9. The lowest BCUT2D eigenvalue weighted by atomic mass is 9.99. The van der Waals surface area contributed by atoms with E-state index in [0.717, 1.165) is 22.4 Å². The van der Waals surface area contributed by atoms with Crippen LogP contribution < -0.4 is 5.32 Å². The van der Waals surface area contributed by atoms with Crippen molar-refractivity contribution in [2.75, 3.05) is 0 Å². The van der Waals surface area contributed by atoms with Crippen LogP contribution in [0.15, 0.2) is 47.0 Å². The van der Waals surface area contributed by atoms with Crippen molar-refractivity contribution in [3.05, 3.63) is 75.1 Å². The zero-order valence-electron chi connectivity index (χ0n) is 15.7. The van der Waals surface area contributed by atoms with Crippen LogP contribution in [0.25, 0.3) is 11.1 Å². The molecule has 0 aliphatic rings. The van der Waals surface area contributed by atoms with Gasteiger partial charge in [-0.05, 0) is 37.1 Å². The lowest BCUT2D eigenvalue weighted by Crippen LogP contribution is -2.42. The van der Waals surface area contributed by atoms with Gasteiger partial charge in [-0.25, -0.2) is 4.79 Å². The van der Waals surface area contributed by atoms with Crippen molar-refractivity contribution in [3.63, 3.8) is 0 Å². The molecule has 0 radical (unpaired) electrons. The Morgan fingerprint density at radius 1 is 1.10 bits per heavy atom. The van der Waals surface area contributed by atoms with Gasteiger partial charge in [-0.3, -0.25) is 4.79 Å². The molecule has 1 aromatic heterocycles. The van der Waals surface area contributed by atoms with E-state index >= 15 is 0 Å². The highest BCUT2D eigenvalue weighted by molar-refractivity contribution is 6.39. The number of amides is 1. The molecule has 0 saturated carbocycles. The standard InChI is InChI=1S/C21H18Cl2N2O4/c1-11-18(12(2)29-25-11)14-8-6-13(7-9-14)10-17(21(27)28)24-20(26)19-15(22)4-3-5-16(19)23/h3-9,17H,10H2,1-2H3,(H,24,26)(H,27,28)/t17-/m0/s1. The molecule has 150 valence electrons. The third kappa shape index (κ3) is 4.60. The van der Waals surface area contributed by atoms with Gasteiger partial charge >= 0.3 is 5.97 Å². The number of carboxylic acids is 1. The molecule has 0 spiro atoms. The largest absolute Gasteiger partial charge is 0.480 e. The summed E-state index contributed by atoms with van der Waals surface area (Å²) < 4.78 is 5.18. The Morgan fingerprint density at radius 3 is 2.24 bits per heavy atom. The fourth-order valence-corrected chi connectivity index (χ4v) is 3.65. The van der Waals surface area contributed by atoms with Crippen LogP contribution in [-0.2, 0) is 11.2 Å². The number of carbonyl (C=O) groups excluding carboxylic acids is 1. The summed E-state index contributed by atoms with van der Waals surface area (Å²) in [5.74, 6) is -1.08. The van der Waals surface area contributed by atoms with Crippen LogP contribution in [0, 0.1) is 13.8 Å². The Labute approximate surface area is 177 Å². The topological polar surface area (TPSA) is 92.4 Å². The highest BCUT2D eigenvalue weighted by atomic mass is 35.5. The molecule has 3 aromatic rings. The number of benzene rings is 2. The molecule has 0 aliphatic carbocycles. The normalized spacial score (nSPS) is 11.9. The van der Waals surface area contributed by atoms with E-state index in [2.05, 4.69) is 10.5 Å². The van der Waals surface area contributed by atoms with Gasteiger partial charge in [-0.15, -0.1) is 0 Å². The van der Waals surface area contributed by atoms with Gasteiger partial charge in [0.15, 0.2) is 0 Å². The fourth-order valence-electron chi connectivity index (χ4n) is 3.08. The Morgan fingerprint density at radius 2 is 1.72 bits per heavy atom. The summed E-state index contributed by atoms with van der Waals surface area (Å²) in [7, 11) is 0. The number of halogens is 2. The predicted octanol–water partition coefficient (Wildman–Crippen LogP) is 4.69. The molecular formula is C21H18Cl2N2O4. The molecule has 3 rings (SSSR count). The van der Waals surface area contributed by atoms with Crippen molar-refractivity contribution >= 4 is 35.1 Å². The Bertz CT molecular complexity index is 1020. The van der Waals surface area contributed by atoms with Crippen molar-refractivity contribution in [3.8, 4) is 11.1 Å². The molecular weight excluding hydrogens is 415 g/mol. The molecule has 0 unspecified atom stereocenters. The average molecular weight is 433 g/mol. The third-order valence-corrected chi connectivity index (χ3v) is 5.14. The van der Waals surface area contributed by atoms with Crippen LogP contribution >= 0.6 is 23.2 Å². The van der Waals surface area contributed by atoms with Gasteiger partial charge in [0.05, 0.1) is 21.3 Å². The Kier molecular flexibility index (Phi) is 6.25. The SMILES string of the molecule is Cc1noc(C)c1-c1ccc(C[C@H](NC(=O)c2c(Cl)cccc2Cl)C(=O)O)cc1. The van der Waals surface area contributed by atoms with E-state index in [9.17, 15) is 14.7 Å². The van der Waals surface area contributed by atoms with Crippen LogP contribution in [0.4, 0.5) is 0 Å². The van der Waals surface area contributed by atoms with Crippen molar-refractivity contribution in [2.45, 2.75) is 26.3 Å². The number of hydrogen-bond acceptors (Lipinski definition) is 4. The summed E-state index contributed by atoms with van der Waals surface area (Å²) in [5.41, 5.74) is 3.41. The molecule has 0 bridgehead atoms. The van der Waals surface area contributed by atoms with Gasteiger partial charge in [-0.1, -0.05) is 58.7 Å². The number of hydrogen-bond donors (Lipinski definition) is 2. The van der Waals surface area contributed by atoms with Crippen LogP contribution in [0.3, 0.4) is 0 Å². The van der Waals surface area contributed by atoms with Gasteiger partial charge in [0.25, 0.3) is 5.91 Å². The minimum atomic E-state index is -1.16. The molecule has 1 atom stereocenters. The van der Waals surface area contributed by atoms with Crippen LogP contribution in [-0.4, -0.2) is 28.2 Å². The number of nitrogens with zero attached hydrogens (tertiary/aromatic N) is 1. The summed E-state index contributed by atoms with van der Waals surface area (Å²) in [6, 6.07) is 10.9. The van der Waals surface area contributed by atoms with E-state index in [0.29, 0.717) is 5.76 Å². The molecule has 0 fully saturated rings. The maximum absolute atomic E-state index is 12.5. The first-order valence-electron chi connectivity index (χ1n) is 8.77. The predicted molar refractivity (Wildman–Crippen MR) is 110 cm³/mol. The minimum absolute atomic E-state index is 0.0517. The summed E-state index contributed by atoms with van der Waals surface area (Å²) in [4.78, 5) is 24.2. The fraction of sp³-hybridized carbons (Fsp3) is 0.190. The molecule has 1 amide bonds. The Balaban J connectivity index is 1.77. The van der Waals surface area contributed by atoms with Crippen LogP contribution in [0.1, 0.15) is 27.4 Å². The summed E-state index contributed by atoms with van der Waals surface area (Å²) >= 11 is 12.1. The minimum Gasteiger partial charge on any atom is -0.480 e. The van der Waals surface area contributed by atoms with Crippen molar-refractivity contribution in [2.24, 2.45) is 0 Å². The second-order valence-corrected chi connectivity index (χ2v) is 7.38. The first-order chi connectivity index (χ1) is 13.8. The second-order valence-electron chi connectivity index (χ2n) is 6.56. The molecule has 8 heteroatoms. The molecule has 29 heavy (non-hydrogen) atoms. The van der Waals surface area contributed by atoms with Gasteiger partial charge in [0.1, 0.15) is 11.8 Å². The molecule has 0 aliphatic heterocycles. The van der Waals surface area contributed by atoms with Crippen LogP contribution in [0.2, 0.25) is 10.0 Å². The monoisotopic (exact) mass is 432 g/mol. The number of carbonyl (C=O) groups is 2. The number of carboxylic acid groups (broad SMARTS) is 1. The number of nitrogens with one attached hydrogen (secondary N) is 1. The van der Waals surface area contributed by atoms with E-state index < -0.39 is 17.9 Å². The first-order valence-corrected chi connectivity index (χ1v) is 9.53. The maximum Gasteiger partial charge on any atom is 0.326 e. The van der Waals surface area contributed by atoms with E-state index in [4.69, 9.17) is 27.7 Å². The molecule has 0 saturated heterocycles. The molecule has 2 N–H and O–H groups in total. The average Bonchev–Trinajstić information content (AvgIpc) is 3.00. The Hall–Kier alpha value is -2.83. The van der Waals surface area contributed by atoms with E-state index in [1.54, 1.807) is 6.07 Å². The summed E-state index contributed by atoms with van der Waals surface area (Å²) in [6.45, 7) is 3.69. The van der Waals surface area contributed by atoms with Gasteiger partial charge in [-0.2, -0.15) is 0 Å². The highest BCUT2D eigenvalue weighted by Crippen LogP contribution is 2.27. The zero-order valence-corrected chi connectivity index (χ0v) is 17.2. The smallest absolute Gasteiger partial charge is 0.326 e. The van der Waals surface area contributed by atoms with E-state index in [1.165, 1.54) is 12.1 Å². The number of aryl methyl sites for hydroxylation is 2. The van der Waals surface area contributed by atoms with E-state index in [-0.39, 0.29) is 22.0 Å². The van der Waals surface area contributed by atoms with Gasteiger partial charge < -0.3 is 14.9 Å². The third-order valence-electron chi connectivity index (χ3n) is 4.51. The lowest BCUT2D eigenvalue weighted by Gasteiger charge is -2.16. The maximum atomic E-state index is 12.5. The number of rotatable bonds is 6. The quantitative estimate of drug-likeness (QED) is 0.589. The van der Waals surface area contributed by atoms with Gasteiger partial charge in [0.2, 0.25) is 0 Å². The summed E-state index contributed by atoms with van der Waals surface area (Å²) in [5, 5.41) is 16.3. The molecule has 1 heterocycles. The number of aromatic nitrogens is 1. The molecule has 2 aromatic carbocycles. The second kappa shape index (κ2) is 8.68. The highest BCUT2D eigenvalue weighted by Gasteiger charge is 2.24. The van der Waals surface area contributed by atoms with Crippen molar-refractivity contribution in [1.82, 2.24) is 10.5 Å². The zero-order chi connectivity index (χ0) is 21.1. The molecule has 6 nitrogen and oxygen atoms in total. The lowest BCUT2D eigenvalue weighted by molar-refractivity contribution is -0.139. The van der Waals surface area contributed by atoms with Gasteiger partial charge in [0, 0.05) is 12.0 Å². The number of aliphatic carboxylic acids is 1. The van der Waals surface area contributed by atoms with E-state index in [1.807, 2.05) is 38.1 Å². The van der Waals surface area contributed by atoms with Crippen molar-refractivity contribution < 1.29 is 19.2 Å². The van der Waals surface area contributed by atoms with Crippen molar-refractivity contribution in [1.29, 1.82) is 0 Å². The van der Waals surface area contributed by atoms with Crippen LogP contribution in [0.5, 0.6) is 0 Å².